The number of nitrogens with zero attached hydrogens (tertiary/aromatic N) is 3. The predicted molar refractivity (Wildman–Crippen MR) is 69.1 cm³/mol. The van der Waals surface area contributed by atoms with Gasteiger partial charge in [-0.3, -0.25) is 0 Å². The zero-order valence-electron chi connectivity index (χ0n) is 10.9. The van der Waals surface area contributed by atoms with Crippen molar-refractivity contribution in [2.75, 3.05) is 0 Å². The molecular formula is C12H13N5O4. The number of H-pyrrole nitrogens is 1. The van der Waals surface area contributed by atoms with Crippen molar-refractivity contribution in [3.63, 3.8) is 0 Å². The van der Waals surface area contributed by atoms with Crippen LogP contribution in [0.1, 0.15) is 11.4 Å². The van der Waals surface area contributed by atoms with E-state index in [4.69, 9.17) is 9.84 Å². The highest BCUT2D eigenvalue weighted by Crippen LogP contribution is 2.01. The number of carboxylic acid groups (broad SMARTS) is 1. The van der Waals surface area contributed by atoms with Gasteiger partial charge in [-0.1, -0.05) is 30.3 Å². The van der Waals surface area contributed by atoms with Gasteiger partial charge in [-0.2, -0.15) is 0 Å². The van der Waals surface area contributed by atoms with Gasteiger partial charge in [-0.25, -0.2) is 14.7 Å². The van der Waals surface area contributed by atoms with E-state index >= 15 is 0 Å². The van der Waals surface area contributed by atoms with Gasteiger partial charge in [0.15, 0.2) is 5.82 Å². The lowest BCUT2D eigenvalue weighted by atomic mass is 10.2. The quantitative estimate of drug-likeness (QED) is 0.689. The summed E-state index contributed by atoms with van der Waals surface area (Å²) in [5.41, 5.74) is 0.805. The molecule has 2 aromatic rings. The molecule has 9 heteroatoms. The number of hydrogen-bond acceptors (Lipinski definition) is 6. The van der Waals surface area contributed by atoms with E-state index in [0.29, 0.717) is 0 Å². The molecule has 1 atom stereocenters. The number of rotatable bonds is 6. The fourth-order valence-electron chi connectivity index (χ4n) is 1.57. The molecule has 0 bridgehead atoms. The summed E-state index contributed by atoms with van der Waals surface area (Å²) in [5.74, 6) is -0.950. The Kier molecular flexibility index (Phi) is 4.80. The Morgan fingerprint density at radius 1 is 1.33 bits per heavy atom. The molecule has 1 amide bonds. The second-order valence-corrected chi connectivity index (χ2v) is 4.15. The molecule has 1 heterocycles. The van der Waals surface area contributed by atoms with Crippen molar-refractivity contribution < 1.29 is 19.4 Å². The number of aromatic amines is 1. The molecule has 3 N–H and O–H groups in total. The molecule has 1 aromatic heterocycles. The average Bonchev–Trinajstić information content (AvgIpc) is 2.98. The summed E-state index contributed by atoms with van der Waals surface area (Å²) in [7, 11) is 0. The third-order valence-electron chi connectivity index (χ3n) is 2.59. The van der Waals surface area contributed by atoms with Crippen LogP contribution in [0.4, 0.5) is 4.79 Å². The lowest BCUT2D eigenvalue weighted by molar-refractivity contribution is -0.139. The predicted octanol–water partition coefficient (Wildman–Crippen LogP) is 0.122. The number of alkyl carbamates (subject to hydrolysis) is 1. The molecule has 0 saturated carbocycles. The number of carbonyl (C=O) groups excluding carboxylic acids is 1. The Morgan fingerprint density at radius 2 is 2.10 bits per heavy atom. The van der Waals surface area contributed by atoms with Crippen molar-refractivity contribution in [3.8, 4) is 0 Å². The lowest BCUT2D eigenvalue weighted by Gasteiger charge is -2.13. The first kappa shape index (κ1) is 14.4. The molecule has 1 aromatic carbocycles. The van der Waals surface area contributed by atoms with E-state index in [2.05, 4.69) is 25.9 Å². The smallest absolute Gasteiger partial charge is 0.408 e. The maximum Gasteiger partial charge on any atom is 0.408 e. The monoisotopic (exact) mass is 291 g/mol. The van der Waals surface area contributed by atoms with Crippen LogP contribution in [0.25, 0.3) is 0 Å². The van der Waals surface area contributed by atoms with Gasteiger partial charge >= 0.3 is 12.1 Å². The van der Waals surface area contributed by atoms with Crippen LogP contribution in [0.5, 0.6) is 0 Å². The summed E-state index contributed by atoms with van der Waals surface area (Å²) >= 11 is 0. The van der Waals surface area contributed by atoms with E-state index in [9.17, 15) is 9.59 Å². The molecule has 9 nitrogen and oxygen atoms in total. The highest BCUT2D eigenvalue weighted by Gasteiger charge is 2.22. The Hall–Kier alpha value is -2.97. The van der Waals surface area contributed by atoms with E-state index in [0.717, 1.165) is 5.56 Å². The van der Waals surface area contributed by atoms with Gasteiger partial charge in [0.1, 0.15) is 12.6 Å². The number of ether oxygens (including phenoxy) is 1. The first-order valence-electron chi connectivity index (χ1n) is 6.08. The van der Waals surface area contributed by atoms with Crippen molar-refractivity contribution in [1.29, 1.82) is 0 Å². The number of benzene rings is 1. The Balaban J connectivity index is 1.85. The number of amides is 1. The molecule has 0 saturated heterocycles. The Bertz CT molecular complexity index is 587. The first-order chi connectivity index (χ1) is 10.1. The summed E-state index contributed by atoms with van der Waals surface area (Å²) in [6, 6.07) is 7.88. The van der Waals surface area contributed by atoms with Crippen LogP contribution in [0, 0.1) is 0 Å². The Labute approximate surface area is 119 Å². The zero-order valence-corrected chi connectivity index (χ0v) is 10.9. The van der Waals surface area contributed by atoms with E-state index in [-0.39, 0.29) is 18.9 Å². The van der Waals surface area contributed by atoms with Crippen LogP contribution in [0.3, 0.4) is 0 Å². The van der Waals surface area contributed by atoms with E-state index < -0.39 is 18.1 Å². The third-order valence-corrected chi connectivity index (χ3v) is 2.59. The molecule has 21 heavy (non-hydrogen) atoms. The van der Waals surface area contributed by atoms with Crippen molar-refractivity contribution in [1.82, 2.24) is 25.9 Å². The van der Waals surface area contributed by atoms with Gasteiger partial charge in [-0.15, -0.1) is 5.10 Å². The number of carbonyl (C=O) groups is 2. The maximum atomic E-state index is 11.6. The molecule has 0 aliphatic rings. The summed E-state index contributed by atoms with van der Waals surface area (Å²) in [5, 5.41) is 24.0. The summed E-state index contributed by atoms with van der Waals surface area (Å²) in [6.45, 7) is 0.0584. The number of hydrogen-bond donors (Lipinski definition) is 3. The van der Waals surface area contributed by atoms with Crippen LogP contribution < -0.4 is 5.32 Å². The van der Waals surface area contributed by atoms with E-state index in [1.54, 1.807) is 12.1 Å². The molecule has 0 radical (unpaired) electrons. The van der Waals surface area contributed by atoms with Crippen LogP contribution >= 0.6 is 0 Å². The maximum absolute atomic E-state index is 11.6. The molecule has 0 fully saturated rings. The fraction of sp³-hybridized carbons (Fsp3) is 0.250. The highest BCUT2D eigenvalue weighted by molar-refractivity contribution is 5.80. The van der Waals surface area contributed by atoms with E-state index in [1.165, 1.54) is 0 Å². The number of tetrazole rings is 1. The number of nitrogens with one attached hydrogen (secondary N) is 2. The minimum Gasteiger partial charge on any atom is -0.480 e. The normalized spacial score (nSPS) is 11.6. The van der Waals surface area contributed by atoms with Crippen LogP contribution in [-0.2, 0) is 22.6 Å². The standard InChI is InChI=1S/C12H13N5O4/c18-11(19)9(6-10-14-16-17-15-10)13-12(20)21-7-8-4-2-1-3-5-8/h1-5,9H,6-7H2,(H,13,20)(H,18,19)(H,14,15,16,17)/t9-/m0/s1. The van der Waals surface area contributed by atoms with Crippen molar-refractivity contribution in [3.05, 3.63) is 41.7 Å². The molecule has 0 aliphatic heterocycles. The van der Waals surface area contributed by atoms with Crippen molar-refractivity contribution in [2.24, 2.45) is 0 Å². The summed E-state index contributed by atoms with van der Waals surface area (Å²) in [4.78, 5) is 22.7. The minimum atomic E-state index is -1.21. The summed E-state index contributed by atoms with van der Waals surface area (Å²) < 4.78 is 4.95. The fourth-order valence-corrected chi connectivity index (χ4v) is 1.57. The van der Waals surface area contributed by atoms with Crippen molar-refractivity contribution in [2.45, 2.75) is 19.1 Å². The molecule has 110 valence electrons. The zero-order chi connectivity index (χ0) is 15.1. The lowest BCUT2D eigenvalue weighted by Crippen LogP contribution is -2.42. The molecular weight excluding hydrogens is 278 g/mol. The minimum absolute atomic E-state index is 0.0584. The van der Waals surface area contributed by atoms with Crippen LogP contribution in [-0.4, -0.2) is 43.8 Å². The Morgan fingerprint density at radius 3 is 2.71 bits per heavy atom. The first-order valence-corrected chi connectivity index (χ1v) is 6.08. The number of aliphatic carboxylic acids is 1. The largest absolute Gasteiger partial charge is 0.480 e. The van der Waals surface area contributed by atoms with Crippen molar-refractivity contribution >= 4 is 12.1 Å². The van der Waals surface area contributed by atoms with Gasteiger partial charge in [0, 0.05) is 6.42 Å². The summed E-state index contributed by atoms with van der Waals surface area (Å²) in [6.07, 6.45) is -0.887. The number of aromatic nitrogens is 4. The topological polar surface area (TPSA) is 130 Å². The van der Waals surface area contributed by atoms with E-state index in [1.807, 2.05) is 18.2 Å². The molecule has 0 unspecified atom stereocenters. The average molecular weight is 291 g/mol. The second-order valence-electron chi connectivity index (χ2n) is 4.15. The molecule has 2 rings (SSSR count). The molecule has 0 aliphatic carbocycles. The van der Waals surface area contributed by atoms with Gasteiger partial charge in [0.05, 0.1) is 0 Å². The highest BCUT2D eigenvalue weighted by atomic mass is 16.5. The molecule has 0 spiro atoms. The van der Waals surface area contributed by atoms with Gasteiger partial charge in [-0.05, 0) is 16.0 Å². The number of carboxylic acids is 1. The van der Waals surface area contributed by atoms with Crippen LogP contribution in [0.2, 0.25) is 0 Å². The van der Waals surface area contributed by atoms with Gasteiger partial charge < -0.3 is 15.2 Å². The SMILES string of the molecule is O=C(N[C@@H](Cc1nnn[nH]1)C(=O)O)OCc1ccccc1. The van der Waals surface area contributed by atoms with Gasteiger partial charge in [0.2, 0.25) is 0 Å². The third kappa shape index (κ3) is 4.56. The second kappa shape index (κ2) is 6.98. The van der Waals surface area contributed by atoms with Crippen LogP contribution in [0.15, 0.2) is 30.3 Å². The van der Waals surface area contributed by atoms with Gasteiger partial charge in [0.25, 0.3) is 0 Å².